The van der Waals surface area contributed by atoms with Gasteiger partial charge < -0.3 is 10.1 Å². The number of rotatable bonds is 6. The number of aromatic amines is 1. The van der Waals surface area contributed by atoms with Crippen molar-refractivity contribution >= 4 is 34.3 Å². The third-order valence-corrected chi connectivity index (χ3v) is 5.05. The summed E-state index contributed by atoms with van der Waals surface area (Å²) in [5.74, 6) is -2.91. The maximum atomic E-state index is 13.5. The Bertz CT molecular complexity index is 1430. The number of anilines is 1. The second-order valence-corrected chi connectivity index (χ2v) is 7.34. The van der Waals surface area contributed by atoms with E-state index < -0.39 is 34.1 Å². The van der Waals surface area contributed by atoms with Crippen LogP contribution in [0.25, 0.3) is 10.9 Å². The Hall–Kier alpha value is -4.67. The lowest BCUT2D eigenvalue weighted by molar-refractivity contribution is -0.385. The van der Waals surface area contributed by atoms with Crippen molar-refractivity contribution < 1.29 is 28.0 Å². The second kappa shape index (κ2) is 9.06. The van der Waals surface area contributed by atoms with Gasteiger partial charge in [0.2, 0.25) is 0 Å². The SMILES string of the molecule is COC(=O)c1ccc([N+](=O)[O-])c(C(=O)Nc2n[nH]c3ccc(Cc4cc(F)cc(F)c4)cc23)c1. The molecule has 0 unspecified atom stereocenters. The van der Waals surface area contributed by atoms with Gasteiger partial charge in [-0.2, -0.15) is 5.10 Å². The third kappa shape index (κ3) is 4.58. The lowest BCUT2D eigenvalue weighted by Crippen LogP contribution is -2.16. The molecule has 1 aromatic heterocycles. The first-order chi connectivity index (χ1) is 16.2. The van der Waals surface area contributed by atoms with Crippen LogP contribution < -0.4 is 5.32 Å². The molecule has 9 nitrogen and oxygen atoms in total. The van der Waals surface area contributed by atoms with Crippen LogP contribution in [0.2, 0.25) is 0 Å². The molecule has 3 aromatic carbocycles. The highest BCUT2D eigenvalue weighted by Gasteiger charge is 2.24. The summed E-state index contributed by atoms with van der Waals surface area (Å²) in [5, 5.41) is 21.2. The van der Waals surface area contributed by atoms with Gasteiger partial charge in [-0.15, -0.1) is 0 Å². The number of hydrogen-bond donors (Lipinski definition) is 2. The number of nitrogens with zero attached hydrogens (tertiary/aromatic N) is 2. The van der Waals surface area contributed by atoms with Crippen molar-refractivity contribution in [2.75, 3.05) is 12.4 Å². The van der Waals surface area contributed by atoms with Gasteiger partial charge in [0, 0.05) is 17.5 Å². The minimum Gasteiger partial charge on any atom is -0.465 e. The minimum atomic E-state index is -0.858. The number of fused-ring (bicyclic) bond motifs is 1. The molecule has 0 spiro atoms. The Morgan fingerprint density at radius 3 is 2.47 bits per heavy atom. The monoisotopic (exact) mass is 466 g/mol. The van der Waals surface area contributed by atoms with Crippen molar-refractivity contribution in [2.45, 2.75) is 6.42 Å². The number of benzene rings is 3. The van der Waals surface area contributed by atoms with Crippen LogP contribution in [-0.2, 0) is 11.2 Å². The molecule has 4 rings (SSSR count). The molecule has 34 heavy (non-hydrogen) atoms. The predicted molar refractivity (Wildman–Crippen MR) is 118 cm³/mol. The molecule has 0 bridgehead atoms. The first-order valence-corrected chi connectivity index (χ1v) is 9.85. The number of methoxy groups -OCH3 is 1. The number of nitro benzene ring substituents is 1. The normalized spacial score (nSPS) is 10.8. The third-order valence-electron chi connectivity index (χ3n) is 5.05. The predicted octanol–water partition coefficient (Wildman–Crippen LogP) is 4.38. The first kappa shape index (κ1) is 22.5. The van der Waals surface area contributed by atoms with E-state index in [-0.39, 0.29) is 23.4 Å². The number of carbonyl (C=O) groups is 2. The van der Waals surface area contributed by atoms with E-state index in [9.17, 15) is 28.5 Å². The number of H-pyrrole nitrogens is 1. The second-order valence-electron chi connectivity index (χ2n) is 7.34. The van der Waals surface area contributed by atoms with Crippen molar-refractivity contribution in [1.29, 1.82) is 0 Å². The average molecular weight is 466 g/mol. The molecule has 1 heterocycles. The molecule has 2 N–H and O–H groups in total. The van der Waals surface area contributed by atoms with Gasteiger partial charge in [-0.05, 0) is 53.9 Å². The van der Waals surface area contributed by atoms with Crippen LogP contribution in [0.3, 0.4) is 0 Å². The van der Waals surface area contributed by atoms with Gasteiger partial charge in [0.1, 0.15) is 17.2 Å². The molecular weight excluding hydrogens is 450 g/mol. The van der Waals surface area contributed by atoms with Crippen LogP contribution in [0.4, 0.5) is 20.3 Å². The number of amides is 1. The fourth-order valence-electron chi connectivity index (χ4n) is 3.51. The summed E-state index contributed by atoms with van der Waals surface area (Å²) in [7, 11) is 1.15. The van der Waals surface area contributed by atoms with Crippen molar-refractivity contribution in [2.24, 2.45) is 0 Å². The fourth-order valence-corrected chi connectivity index (χ4v) is 3.51. The summed E-state index contributed by atoms with van der Waals surface area (Å²) in [6.07, 6.45) is 0.218. The van der Waals surface area contributed by atoms with E-state index in [4.69, 9.17) is 0 Å². The molecule has 0 saturated heterocycles. The highest BCUT2D eigenvalue weighted by Crippen LogP contribution is 2.26. The Balaban J connectivity index is 1.66. The number of hydrogen-bond acceptors (Lipinski definition) is 6. The number of halogens is 2. The van der Waals surface area contributed by atoms with E-state index in [0.29, 0.717) is 22.0 Å². The molecule has 0 fully saturated rings. The van der Waals surface area contributed by atoms with Crippen LogP contribution in [0, 0.1) is 21.7 Å². The van der Waals surface area contributed by atoms with Crippen molar-refractivity contribution in [3.63, 3.8) is 0 Å². The van der Waals surface area contributed by atoms with Crippen molar-refractivity contribution in [1.82, 2.24) is 10.2 Å². The van der Waals surface area contributed by atoms with Gasteiger partial charge >= 0.3 is 5.97 Å². The smallest absolute Gasteiger partial charge is 0.337 e. The van der Waals surface area contributed by atoms with Gasteiger partial charge in [-0.3, -0.25) is 20.0 Å². The molecular formula is C23H16F2N4O5. The van der Waals surface area contributed by atoms with Crippen molar-refractivity contribution in [3.05, 3.63) is 98.6 Å². The quantitative estimate of drug-likeness (QED) is 0.247. The van der Waals surface area contributed by atoms with Gasteiger partial charge in [0.25, 0.3) is 11.6 Å². The van der Waals surface area contributed by atoms with Crippen LogP contribution >= 0.6 is 0 Å². The van der Waals surface area contributed by atoms with Gasteiger partial charge in [0.05, 0.1) is 23.1 Å². The summed E-state index contributed by atoms with van der Waals surface area (Å²) < 4.78 is 31.6. The zero-order valence-electron chi connectivity index (χ0n) is 17.6. The molecule has 0 aliphatic heterocycles. The highest BCUT2D eigenvalue weighted by molar-refractivity contribution is 6.11. The molecule has 0 atom stereocenters. The molecule has 11 heteroatoms. The summed E-state index contributed by atoms with van der Waals surface area (Å²) in [6.45, 7) is 0. The van der Waals surface area contributed by atoms with E-state index in [1.807, 2.05) is 0 Å². The summed E-state index contributed by atoms with van der Waals surface area (Å²) in [4.78, 5) is 35.3. The Labute approximate surface area is 190 Å². The van der Waals surface area contributed by atoms with Gasteiger partial charge in [-0.25, -0.2) is 13.6 Å². The zero-order chi connectivity index (χ0) is 24.4. The number of nitrogens with one attached hydrogen (secondary N) is 2. The van der Waals surface area contributed by atoms with E-state index in [1.165, 1.54) is 18.2 Å². The lowest BCUT2D eigenvalue weighted by atomic mass is 10.0. The van der Waals surface area contributed by atoms with E-state index in [0.717, 1.165) is 25.3 Å². The van der Waals surface area contributed by atoms with E-state index in [1.54, 1.807) is 18.2 Å². The van der Waals surface area contributed by atoms with Crippen LogP contribution in [-0.4, -0.2) is 34.1 Å². The summed E-state index contributed by atoms with van der Waals surface area (Å²) in [5.41, 5.74) is 0.778. The summed E-state index contributed by atoms with van der Waals surface area (Å²) >= 11 is 0. The summed E-state index contributed by atoms with van der Waals surface area (Å²) in [6, 6.07) is 11.6. The minimum absolute atomic E-state index is 0.0326. The largest absolute Gasteiger partial charge is 0.465 e. The number of nitro groups is 1. The van der Waals surface area contributed by atoms with E-state index >= 15 is 0 Å². The average Bonchev–Trinajstić information content (AvgIpc) is 3.19. The molecule has 4 aromatic rings. The number of aromatic nitrogens is 2. The molecule has 0 saturated carbocycles. The molecule has 0 aliphatic rings. The molecule has 1 amide bonds. The van der Waals surface area contributed by atoms with E-state index in [2.05, 4.69) is 20.3 Å². The molecule has 172 valence electrons. The first-order valence-electron chi connectivity index (χ1n) is 9.85. The number of ether oxygens (including phenoxy) is 1. The topological polar surface area (TPSA) is 127 Å². The van der Waals surface area contributed by atoms with Crippen LogP contribution in [0.1, 0.15) is 31.8 Å². The Kier molecular flexibility index (Phi) is 6.00. The Morgan fingerprint density at radius 1 is 1.06 bits per heavy atom. The van der Waals surface area contributed by atoms with Gasteiger partial charge in [-0.1, -0.05) is 6.07 Å². The Morgan fingerprint density at radius 2 is 1.79 bits per heavy atom. The standard InChI is InChI=1S/C23H16F2N4O5/c1-34-23(31)14-3-5-20(29(32)33)18(10-14)22(30)26-21-17-9-12(2-4-19(17)27-28-21)6-13-7-15(24)11-16(25)8-13/h2-5,7-11H,6H2,1H3,(H2,26,27,28,30). The molecule has 0 radical (unpaired) electrons. The highest BCUT2D eigenvalue weighted by atomic mass is 19.1. The number of carbonyl (C=O) groups excluding carboxylic acids is 2. The fraction of sp³-hybridized carbons (Fsp3) is 0.0870. The van der Waals surface area contributed by atoms with Crippen LogP contribution in [0.15, 0.2) is 54.6 Å². The zero-order valence-corrected chi connectivity index (χ0v) is 17.6. The number of esters is 1. The van der Waals surface area contributed by atoms with Crippen molar-refractivity contribution in [3.8, 4) is 0 Å². The maximum absolute atomic E-state index is 13.5. The van der Waals surface area contributed by atoms with Gasteiger partial charge in [0.15, 0.2) is 5.82 Å². The lowest BCUT2D eigenvalue weighted by Gasteiger charge is -2.07. The molecule has 0 aliphatic carbocycles. The maximum Gasteiger partial charge on any atom is 0.337 e. The van der Waals surface area contributed by atoms with Crippen LogP contribution in [0.5, 0.6) is 0 Å².